The van der Waals surface area contributed by atoms with Crippen molar-refractivity contribution in [1.82, 2.24) is 15.3 Å². The summed E-state index contributed by atoms with van der Waals surface area (Å²) in [5, 5.41) is 4.39. The van der Waals surface area contributed by atoms with Gasteiger partial charge in [-0.2, -0.15) is 8.78 Å². The Kier molecular flexibility index (Phi) is 5.26. The Morgan fingerprint density at radius 2 is 2.09 bits per heavy atom. The van der Waals surface area contributed by atoms with Crippen molar-refractivity contribution in [3.8, 4) is 0 Å². The summed E-state index contributed by atoms with van der Waals surface area (Å²) in [5.74, 6) is -5.97. The van der Waals surface area contributed by atoms with E-state index >= 15 is 0 Å². The Balaban J connectivity index is 2.30. The summed E-state index contributed by atoms with van der Waals surface area (Å²) in [4.78, 5) is 31.2. The molecule has 6 nitrogen and oxygen atoms in total. The number of nitrogens with zero attached hydrogens (tertiary/aromatic N) is 2. The van der Waals surface area contributed by atoms with Crippen molar-refractivity contribution in [2.45, 2.75) is 10.3 Å². The van der Waals surface area contributed by atoms with Gasteiger partial charge in [0.2, 0.25) is 0 Å². The van der Waals surface area contributed by atoms with Gasteiger partial charge in [0.05, 0.1) is 0 Å². The first-order valence-corrected chi connectivity index (χ1v) is 8.32. The van der Waals surface area contributed by atoms with E-state index in [1.165, 1.54) is 37.1 Å². The number of carbonyl (C=O) groups excluding carboxylic acids is 2. The monoisotopic (exact) mass is 358 g/mol. The van der Waals surface area contributed by atoms with E-state index in [9.17, 15) is 18.4 Å². The van der Waals surface area contributed by atoms with E-state index in [0.29, 0.717) is 4.34 Å². The Bertz CT molecular complexity index is 722. The summed E-state index contributed by atoms with van der Waals surface area (Å²) in [5.41, 5.74) is -0.777. The van der Waals surface area contributed by atoms with Crippen molar-refractivity contribution in [3.63, 3.8) is 0 Å². The molecule has 10 heteroatoms. The van der Waals surface area contributed by atoms with Gasteiger partial charge in [0.15, 0.2) is 10.0 Å². The van der Waals surface area contributed by atoms with Crippen molar-refractivity contribution in [2.75, 3.05) is 18.6 Å². The van der Waals surface area contributed by atoms with Crippen molar-refractivity contribution < 1.29 is 18.4 Å². The Hall–Kier alpha value is -2.07. The van der Waals surface area contributed by atoms with Crippen LogP contribution in [0.4, 0.5) is 13.8 Å². The molecule has 23 heavy (non-hydrogen) atoms. The van der Waals surface area contributed by atoms with Crippen LogP contribution in [-0.2, 0) is 10.7 Å². The first-order chi connectivity index (χ1) is 10.9. The van der Waals surface area contributed by atoms with Crippen LogP contribution in [0.5, 0.6) is 0 Å². The summed E-state index contributed by atoms with van der Waals surface area (Å²) >= 11 is 2.19. The third-order valence-corrected chi connectivity index (χ3v) is 4.68. The summed E-state index contributed by atoms with van der Waals surface area (Å²) in [6, 6.07) is 3.88. The van der Waals surface area contributed by atoms with Crippen molar-refractivity contribution in [1.29, 1.82) is 0 Å². The van der Waals surface area contributed by atoms with E-state index in [0.717, 1.165) is 17.4 Å². The zero-order valence-electron chi connectivity index (χ0n) is 12.1. The van der Waals surface area contributed by atoms with Gasteiger partial charge in [0.25, 0.3) is 5.91 Å². The molecule has 2 amide bonds. The minimum absolute atomic E-state index is 0.0330. The molecule has 0 aliphatic heterocycles. The van der Waals surface area contributed by atoms with Gasteiger partial charge in [-0.05, 0) is 18.4 Å². The number of hydrogen-bond acceptors (Lipinski definition) is 6. The van der Waals surface area contributed by atoms with E-state index in [-0.39, 0.29) is 10.7 Å². The Labute approximate surface area is 138 Å². The number of aromatic nitrogens is 2. The summed E-state index contributed by atoms with van der Waals surface area (Å²) < 4.78 is 28.8. The van der Waals surface area contributed by atoms with E-state index < -0.39 is 23.4 Å². The number of alkyl halides is 2. The molecule has 0 bridgehead atoms. The predicted octanol–water partition coefficient (Wildman–Crippen LogP) is 2.35. The highest BCUT2D eigenvalue weighted by Gasteiger charge is 2.43. The van der Waals surface area contributed by atoms with Gasteiger partial charge >= 0.3 is 11.8 Å². The normalized spacial score (nSPS) is 11.1. The molecule has 0 unspecified atom stereocenters. The van der Waals surface area contributed by atoms with Gasteiger partial charge < -0.3 is 10.6 Å². The first kappa shape index (κ1) is 17.3. The molecule has 2 N–H and O–H groups in total. The Morgan fingerprint density at radius 1 is 1.35 bits per heavy atom. The molecule has 2 aromatic rings. The third kappa shape index (κ3) is 3.64. The van der Waals surface area contributed by atoms with Crippen LogP contribution in [0.2, 0.25) is 0 Å². The lowest BCUT2D eigenvalue weighted by Crippen LogP contribution is -2.33. The summed E-state index contributed by atoms with van der Waals surface area (Å²) in [6.45, 7) is 0. The number of halogens is 2. The molecule has 0 atom stereocenters. The second kappa shape index (κ2) is 7.01. The number of amides is 2. The molecule has 0 saturated carbocycles. The first-order valence-electron chi connectivity index (χ1n) is 6.27. The molecule has 0 aromatic carbocycles. The minimum atomic E-state index is -3.83. The molecule has 0 fully saturated rings. The van der Waals surface area contributed by atoms with Gasteiger partial charge in [0.1, 0.15) is 10.7 Å². The summed E-state index contributed by atoms with van der Waals surface area (Å²) in [7, 11) is 1.38. The SMILES string of the molecule is CNC(=O)c1nc(SC)sc1NC(=O)C(F)(F)c1ccccn1. The average molecular weight is 358 g/mol. The number of rotatable bonds is 5. The maximum atomic E-state index is 14.1. The standard InChI is InChI=1S/C13H12F2N4O2S2/c1-16-9(20)8-10(23-12(18-8)22-2)19-11(21)13(14,15)7-5-3-4-6-17-7/h3-6H,1-2H3,(H,16,20)(H,19,21). The van der Waals surface area contributed by atoms with Crippen molar-refractivity contribution in [3.05, 3.63) is 35.8 Å². The topological polar surface area (TPSA) is 84.0 Å². The highest BCUT2D eigenvalue weighted by Crippen LogP contribution is 2.33. The largest absolute Gasteiger partial charge is 0.366 e. The molecule has 2 rings (SSSR count). The van der Waals surface area contributed by atoms with Gasteiger partial charge in [-0.3, -0.25) is 14.6 Å². The maximum Gasteiger partial charge on any atom is 0.366 e. The van der Waals surface area contributed by atoms with Crippen LogP contribution in [0, 0.1) is 0 Å². The number of thiazole rings is 1. The van der Waals surface area contributed by atoms with Crippen LogP contribution in [0.25, 0.3) is 0 Å². The third-order valence-electron chi connectivity index (χ3n) is 2.72. The number of thioether (sulfide) groups is 1. The van der Waals surface area contributed by atoms with Crippen LogP contribution < -0.4 is 10.6 Å². The fourth-order valence-electron chi connectivity index (χ4n) is 1.59. The number of nitrogens with one attached hydrogen (secondary N) is 2. The fourth-order valence-corrected chi connectivity index (χ4v) is 3.05. The molecule has 0 aliphatic rings. The molecule has 0 aliphatic carbocycles. The zero-order valence-corrected chi connectivity index (χ0v) is 13.7. The lowest BCUT2D eigenvalue weighted by atomic mass is 10.2. The number of anilines is 1. The van der Waals surface area contributed by atoms with Crippen molar-refractivity contribution >= 4 is 39.9 Å². The molecule has 2 heterocycles. The molecular weight excluding hydrogens is 346 g/mol. The van der Waals surface area contributed by atoms with Gasteiger partial charge in [-0.15, -0.1) is 0 Å². The number of hydrogen-bond donors (Lipinski definition) is 2. The summed E-state index contributed by atoms with van der Waals surface area (Å²) in [6.07, 6.45) is 2.89. The Morgan fingerprint density at radius 3 is 2.65 bits per heavy atom. The van der Waals surface area contributed by atoms with Crippen LogP contribution >= 0.6 is 23.1 Å². The average Bonchev–Trinajstić information content (AvgIpc) is 2.97. The molecule has 0 saturated heterocycles. The fraction of sp³-hybridized carbons (Fsp3) is 0.231. The number of pyridine rings is 1. The predicted molar refractivity (Wildman–Crippen MR) is 84.0 cm³/mol. The molecular formula is C13H12F2N4O2S2. The molecule has 122 valence electrons. The molecule has 2 aromatic heterocycles. The van der Waals surface area contributed by atoms with E-state index in [1.54, 1.807) is 6.26 Å². The van der Waals surface area contributed by atoms with E-state index in [2.05, 4.69) is 20.6 Å². The lowest BCUT2D eigenvalue weighted by Gasteiger charge is -2.14. The second-order valence-corrected chi connectivity index (χ2v) is 6.24. The molecule has 0 radical (unpaired) electrons. The maximum absolute atomic E-state index is 14.1. The highest BCUT2D eigenvalue weighted by molar-refractivity contribution is 8.00. The van der Waals surface area contributed by atoms with Gasteiger partial charge in [-0.1, -0.05) is 29.2 Å². The minimum Gasteiger partial charge on any atom is -0.354 e. The van der Waals surface area contributed by atoms with Crippen LogP contribution in [0.1, 0.15) is 16.2 Å². The van der Waals surface area contributed by atoms with Gasteiger partial charge in [-0.25, -0.2) is 4.98 Å². The van der Waals surface area contributed by atoms with E-state index in [1.807, 2.05) is 0 Å². The van der Waals surface area contributed by atoms with Crippen LogP contribution in [-0.4, -0.2) is 35.1 Å². The van der Waals surface area contributed by atoms with Crippen molar-refractivity contribution in [2.24, 2.45) is 0 Å². The second-order valence-electron chi connectivity index (χ2n) is 4.18. The van der Waals surface area contributed by atoms with Crippen LogP contribution in [0.3, 0.4) is 0 Å². The number of carbonyl (C=O) groups is 2. The zero-order chi connectivity index (χ0) is 17.0. The van der Waals surface area contributed by atoms with E-state index in [4.69, 9.17) is 0 Å². The highest BCUT2D eigenvalue weighted by atomic mass is 32.2. The quantitative estimate of drug-likeness (QED) is 0.802. The van der Waals surface area contributed by atoms with Crippen LogP contribution in [0.15, 0.2) is 28.7 Å². The molecule has 0 spiro atoms. The smallest absolute Gasteiger partial charge is 0.354 e. The lowest BCUT2D eigenvalue weighted by molar-refractivity contribution is -0.141. The van der Waals surface area contributed by atoms with Gasteiger partial charge in [0, 0.05) is 13.2 Å².